The molecule has 1 aromatic heterocycles. The number of aromatic hydroxyl groups is 2. The minimum Gasteiger partial charge on any atom is -0.504 e. The molecule has 0 fully saturated rings. The van der Waals surface area contributed by atoms with Crippen LogP contribution in [0.2, 0.25) is 0 Å². The molecule has 112 valence electrons. The Kier molecular flexibility index (Phi) is 3.25. The lowest BCUT2D eigenvalue weighted by molar-refractivity contribution is 0.403. The van der Waals surface area contributed by atoms with Crippen LogP contribution in [0.5, 0.6) is 17.2 Å². The average molecular weight is 298 g/mol. The van der Waals surface area contributed by atoms with Crippen LogP contribution >= 0.6 is 0 Å². The predicted octanol–water partition coefficient (Wildman–Crippen LogP) is 3.19. The third-order valence-electron chi connectivity index (χ3n) is 3.49. The first-order valence-electron chi connectivity index (χ1n) is 6.64. The van der Waals surface area contributed by atoms with Gasteiger partial charge >= 0.3 is 5.63 Å². The van der Waals surface area contributed by atoms with Gasteiger partial charge in [-0.25, -0.2) is 4.79 Å². The van der Waals surface area contributed by atoms with Crippen molar-refractivity contribution in [2.45, 2.75) is 6.92 Å². The zero-order chi connectivity index (χ0) is 15.9. The van der Waals surface area contributed by atoms with Crippen LogP contribution in [0.1, 0.15) is 5.56 Å². The van der Waals surface area contributed by atoms with Crippen molar-refractivity contribution in [2.24, 2.45) is 0 Å². The first kappa shape index (κ1) is 14.0. The van der Waals surface area contributed by atoms with Crippen LogP contribution in [0.4, 0.5) is 0 Å². The molecule has 0 unspecified atom stereocenters. The molecule has 0 radical (unpaired) electrons. The summed E-state index contributed by atoms with van der Waals surface area (Å²) in [5, 5.41) is 19.8. The van der Waals surface area contributed by atoms with Crippen LogP contribution in [0, 0.1) is 6.92 Å². The maximum atomic E-state index is 11.8. The number of fused-ring (bicyclic) bond motifs is 1. The van der Waals surface area contributed by atoms with E-state index in [0.29, 0.717) is 22.3 Å². The van der Waals surface area contributed by atoms with Gasteiger partial charge in [0, 0.05) is 28.6 Å². The van der Waals surface area contributed by atoms with Crippen molar-refractivity contribution < 1.29 is 19.4 Å². The van der Waals surface area contributed by atoms with Gasteiger partial charge < -0.3 is 19.4 Å². The lowest BCUT2D eigenvalue weighted by atomic mass is 9.99. The molecule has 0 aliphatic rings. The summed E-state index contributed by atoms with van der Waals surface area (Å²) in [6, 6.07) is 9.52. The van der Waals surface area contributed by atoms with E-state index in [9.17, 15) is 15.0 Å². The fraction of sp³-hybridized carbons (Fsp3) is 0.118. The number of phenolic OH excluding ortho intramolecular Hbond substituents is 2. The molecule has 0 amide bonds. The first-order valence-corrected chi connectivity index (χ1v) is 6.64. The van der Waals surface area contributed by atoms with Gasteiger partial charge in [-0.1, -0.05) is 12.1 Å². The molecule has 1 heterocycles. The predicted molar refractivity (Wildman–Crippen MR) is 82.5 cm³/mol. The lowest BCUT2D eigenvalue weighted by Gasteiger charge is -2.12. The van der Waals surface area contributed by atoms with Crippen molar-refractivity contribution in [3.8, 4) is 28.4 Å². The number of hydrogen-bond donors (Lipinski definition) is 2. The van der Waals surface area contributed by atoms with Gasteiger partial charge in [0.05, 0.1) is 7.11 Å². The van der Waals surface area contributed by atoms with Crippen LogP contribution in [0.3, 0.4) is 0 Å². The van der Waals surface area contributed by atoms with E-state index in [1.54, 1.807) is 7.11 Å². The second-order valence-electron chi connectivity index (χ2n) is 5.02. The highest BCUT2D eigenvalue weighted by molar-refractivity contribution is 5.96. The highest BCUT2D eigenvalue weighted by Gasteiger charge is 2.14. The summed E-state index contributed by atoms with van der Waals surface area (Å²) in [4.78, 5) is 11.8. The number of ether oxygens (including phenoxy) is 1. The molecule has 22 heavy (non-hydrogen) atoms. The Labute approximate surface area is 126 Å². The van der Waals surface area contributed by atoms with Gasteiger partial charge in [-0.2, -0.15) is 0 Å². The molecule has 0 saturated carbocycles. The molecule has 0 spiro atoms. The van der Waals surface area contributed by atoms with E-state index in [1.807, 2.05) is 25.1 Å². The van der Waals surface area contributed by atoms with E-state index in [-0.39, 0.29) is 17.1 Å². The zero-order valence-electron chi connectivity index (χ0n) is 12.1. The van der Waals surface area contributed by atoms with E-state index in [0.717, 1.165) is 5.56 Å². The number of rotatable bonds is 2. The Balaban J connectivity index is 2.40. The van der Waals surface area contributed by atoms with E-state index < -0.39 is 5.63 Å². The minimum absolute atomic E-state index is 0.195. The van der Waals surface area contributed by atoms with E-state index in [2.05, 4.69) is 0 Å². The molecule has 5 nitrogen and oxygen atoms in total. The van der Waals surface area contributed by atoms with E-state index in [4.69, 9.17) is 9.15 Å². The van der Waals surface area contributed by atoms with E-state index >= 15 is 0 Å². The molecule has 2 aromatic carbocycles. The van der Waals surface area contributed by atoms with Gasteiger partial charge in [-0.3, -0.25) is 0 Å². The molecule has 0 bridgehead atoms. The van der Waals surface area contributed by atoms with Crippen LogP contribution in [0.15, 0.2) is 45.6 Å². The highest BCUT2D eigenvalue weighted by atomic mass is 16.5. The molecule has 2 N–H and O–H groups in total. The molecular weight excluding hydrogens is 284 g/mol. The topological polar surface area (TPSA) is 79.9 Å². The second kappa shape index (κ2) is 5.11. The van der Waals surface area contributed by atoms with Crippen LogP contribution < -0.4 is 10.4 Å². The summed E-state index contributed by atoms with van der Waals surface area (Å²) >= 11 is 0. The standard InChI is InChI=1S/C17H14O5/c1-9-3-4-10(15(5-9)21-2)11-7-17(20)22-16-8-14(19)13(18)6-12(11)16/h3-8,18-19H,1-2H3. The molecule has 3 rings (SSSR count). The number of phenols is 2. The second-order valence-corrected chi connectivity index (χ2v) is 5.02. The molecule has 5 heteroatoms. The average Bonchev–Trinajstić information content (AvgIpc) is 2.48. The maximum Gasteiger partial charge on any atom is 0.336 e. The summed E-state index contributed by atoms with van der Waals surface area (Å²) in [6.45, 7) is 1.94. The van der Waals surface area contributed by atoms with Gasteiger partial charge in [-0.05, 0) is 24.6 Å². The third-order valence-corrected chi connectivity index (χ3v) is 3.49. The Morgan fingerprint density at radius 1 is 1.00 bits per heavy atom. The van der Waals surface area contributed by atoms with Gasteiger partial charge in [0.1, 0.15) is 11.3 Å². The first-order chi connectivity index (χ1) is 10.5. The smallest absolute Gasteiger partial charge is 0.336 e. The van der Waals surface area contributed by atoms with Gasteiger partial charge in [0.15, 0.2) is 11.5 Å². The van der Waals surface area contributed by atoms with Crippen molar-refractivity contribution in [1.82, 2.24) is 0 Å². The molecule has 0 aliphatic carbocycles. The summed E-state index contributed by atoms with van der Waals surface area (Å²) in [5.41, 5.74) is 1.94. The Hall–Kier alpha value is -2.95. The van der Waals surface area contributed by atoms with Crippen molar-refractivity contribution in [1.29, 1.82) is 0 Å². The quantitative estimate of drug-likeness (QED) is 0.561. The SMILES string of the molecule is COc1cc(C)ccc1-c1cc(=O)oc2cc(O)c(O)cc12. The number of methoxy groups -OCH3 is 1. The van der Waals surface area contributed by atoms with Crippen LogP contribution in [0.25, 0.3) is 22.1 Å². The summed E-state index contributed by atoms with van der Waals surface area (Å²) in [5.74, 6) is -0.0168. The number of hydrogen-bond acceptors (Lipinski definition) is 5. The minimum atomic E-state index is -0.546. The van der Waals surface area contributed by atoms with Crippen LogP contribution in [-0.2, 0) is 0 Å². The molecule has 0 atom stereocenters. The Morgan fingerprint density at radius 2 is 1.73 bits per heavy atom. The van der Waals surface area contributed by atoms with Crippen molar-refractivity contribution in [2.75, 3.05) is 7.11 Å². The summed E-state index contributed by atoms with van der Waals surface area (Å²) in [7, 11) is 1.55. The monoisotopic (exact) mass is 298 g/mol. The number of aryl methyl sites for hydroxylation is 1. The molecule has 0 saturated heterocycles. The van der Waals surface area contributed by atoms with E-state index in [1.165, 1.54) is 18.2 Å². The van der Waals surface area contributed by atoms with Gasteiger partial charge in [0.25, 0.3) is 0 Å². The van der Waals surface area contributed by atoms with Crippen molar-refractivity contribution in [3.05, 3.63) is 52.4 Å². The Bertz CT molecular complexity index is 924. The fourth-order valence-corrected chi connectivity index (χ4v) is 2.43. The highest BCUT2D eigenvalue weighted by Crippen LogP contribution is 2.38. The van der Waals surface area contributed by atoms with Crippen molar-refractivity contribution in [3.63, 3.8) is 0 Å². The Morgan fingerprint density at radius 3 is 2.45 bits per heavy atom. The molecule has 3 aromatic rings. The van der Waals surface area contributed by atoms with Gasteiger partial charge in [0.2, 0.25) is 0 Å². The third kappa shape index (κ3) is 2.26. The van der Waals surface area contributed by atoms with Crippen molar-refractivity contribution >= 4 is 11.0 Å². The summed E-state index contributed by atoms with van der Waals surface area (Å²) in [6.07, 6.45) is 0. The fourth-order valence-electron chi connectivity index (χ4n) is 2.43. The lowest BCUT2D eigenvalue weighted by Crippen LogP contribution is -1.99. The zero-order valence-corrected chi connectivity index (χ0v) is 12.1. The molecular formula is C17H14O5. The normalized spacial score (nSPS) is 10.8. The maximum absolute atomic E-state index is 11.8. The van der Waals surface area contributed by atoms with Crippen LogP contribution in [-0.4, -0.2) is 17.3 Å². The van der Waals surface area contributed by atoms with Gasteiger partial charge in [-0.15, -0.1) is 0 Å². The number of benzene rings is 2. The molecule has 0 aliphatic heterocycles. The largest absolute Gasteiger partial charge is 0.504 e. The summed E-state index contributed by atoms with van der Waals surface area (Å²) < 4.78 is 10.5.